The molecule has 0 aliphatic heterocycles. The summed E-state index contributed by atoms with van der Waals surface area (Å²) in [6.45, 7) is 0. The van der Waals surface area contributed by atoms with Crippen molar-refractivity contribution in [1.82, 2.24) is 34.5 Å². The average molecular weight is 419 g/mol. The number of fused-ring (bicyclic) bond motifs is 3. The van der Waals surface area contributed by atoms with Crippen LogP contribution < -0.4 is 9.64 Å². The predicted molar refractivity (Wildman–Crippen MR) is 113 cm³/mol. The fourth-order valence-corrected chi connectivity index (χ4v) is 3.43. The summed E-state index contributed by atoms with van der Waals surface area (Å²) >= 11 is 6.21. The van der Waals surface area contributed by atoms with Crippen molar-refractivity contribution in [2.75, 3.05) is 19.1 Å². The Morgan fingerprint density at radius 1 is 1.00 bits per heavy atom. The first kappa shape index (κ1) is 18.2. The second-order valence-electron chi connectivity index (χ2n) is 6.47. The lowest BCUT2D eigenvalue weighted by Gasteiger charge is -2.19. The van der Waals surface area contributed by atoms with E-state index in [4.69, 9.17) is 21.3 Å². The highest BCUT2D eigenvalue weighted by Crippen LogP contribution is 2.31. The number of halogens is 1. The van der Waals surface area contributed by atoms with Gasteiger partial charge in [-0.3, -0.25) is 4.98 Å². The van der Waals surface area contributed by atoms with E-state index in [1.807, 2.05) is 42.3 Å². The maximum Gasteiger partial charge on any atom is 0.258 e. The van der Waals surface area contributed by atoms with Gasteiger partial charge in [-0.15, -0.1) is 10.2 Å². The quantitative estimate of drug-likeness (QED) is 0.437. The van der Waals surface area contributed by atoms with E-state index in [9.17, 15) is 0 Å². The van der Waals surface area contributed by atoms with Gasteiger partial charge in [0.1, 0.15) is 5.82 Å². The van der Waals surface area contributed by atoms with Gasteiger partial charge in [0.2, 0.25) is 11.2 Å². The van der Waals surface area contributed by atoms with Gasteiger partial charge in [0.05, 0.1) is 30.7 Å². The minimum Gasteiger partial charge on any atom is -0.481 e. The van der Waals surface area contributed by atoms with E-state index in [-0.39, 0.29) is 5.28 Å². The Kier molecular flexibility index (Phi) is 4.36. The van der Waals surface area contributed by atoms with Crippen molar-refractivity contribution in [2.24, 2.45) is 0 Å². The summed E-state index contributed by atoms with van der Waals surface area (Å²) in [5, 5.41) is 9.16. The molecule has 4 heterocycles. The molecule has 148 valence electrons. The standard InChI is InChI=1S/C20H15ClN8O/c1-28(16-11-22-10-14(24-16)12-7-8-17(30-2)23-9-12)18-13-5-3-4-6-15(13)29-19(21)26-27-20(29)25-18/h3-11H,1-2H3. The molecule has 0 unspecified atom stereocenters. The van der Waals surface area contributed by atoms with Crippen molar-refractivity contribution >= 4 is 39.9 Å². The van der Waals surface area contributed by atoms with Gasteiger partial charge in [0.15, 0.2) is 5.82 Å². The molecule has 4 aromatic heterocycles. The van der Waals surface area contributed by atoms with Crippen LogP contribution in [0.1, 0.15) is 0 Å². The smallest absolute Gasteiger partial charge is 0.258 e. The number of anilines is 2. The van der Waals surface area contributed by atoms with Crippen molar-refractivity contribution in [1.29, 1.82) is 0 Å². The minimum atomic E-state index is 0.261. The van der Waals surface area contributed by atoms with Gasteiger partial charge in [-0.1, -0.05) is 12.1 Å². The first-order valence-electron chi connectivity index (χ1n) is 9.01. The van der Waals surface area contributed by atoms with Crippen LogP contribution in [-0.2, 0) is 0 Å². The molecule has 5 aromatic rings. The molecule has 0 aliphatic carbocycles. The van der Waals surface area contributed by atoms with Crippen LogP contribution in [0.2, 0.25) is 5.28 Å². The summed E-state index contributed by atoms with van der Waals surface area (Å²) < 4.78 is 6.82. The molecule has 0 spiro atoms. The van der Waals surface area contributed by atoms with Gasteiger partial charge in [-0.25, -0.2) is 14.4 Å². The lowest BCUT2D eigenvalue weighted by molar-refractivity contribution is 0.398. The van der Waals surface area contributed by atoms with E-state index in [0.29, 0.717) is 29.0 Å². The molecule has 0 fully saturated rings. The number of para-hydroxylation sites is 1. The Bertz CT molecular complexity index is 1370. The fourth-order valence-electron chi connectivity index (χ4n) is 3.22. The van der Waals surface area contributed by atoms with E-state index >= 15 is 0 Å². The Morgan fingerprint density at radius 3 is 2.67 bits per heavy atom. The van der Waals surface area contributed by atoms with Crippen LogP contribution in [0.5, 0.6) is 5.88 Å². The van der Waals surface area contributed by atoms with Gasteiger partial charge in [0.25, 0.3) is 5.78 Å². The molecule has 1 aromatic carbocycles. The summed E-state index contributed by atoms with van der Waals surface area (Å²) in [6.07, 6.45) is 5.07. The van der Waals surface area contributed by atoms with Crippen LogP contribution in [0.4, 0.5) is 11.6 Å². The predicted octanol–water partition coefficient (Wildman–Crippen LogP) is 3.56. The van der Waals surface area contributed by atoms with Gasteiger partial charge < -0.3 is 9.64 Å². The van der Waals surface area contributed by atoms with Gasteiger partial charge in [-0.2, -0.15) is 4.98 Å². The SMILES string of the molecule is COc1ccc(-c2cncc(N(C)c3nc4nnc(Cl)n4c4ccccc34)n2)cn1. The van der Waals surface area contributed by atoms with Crippen molar-refractivity contribution in [3.63, 3.8) is 0 Å². The maximum absolute atomic E-state index is 6.21. The van der Waals surface area contributed by atoms with E-state index in [0.717, 1.165) is 16.5 Å². The van der Waals surface area contributed by atoms with Crippen LogP contribution in [0, 0.1) is 0 Å². The first-order chi connectivity index (χ1) is 14.7. The molecule has 0 saturated carbocycles. The van der Waals surface area contributed by atoms with Crippen LogP contribution in [0.15, 0.2) is 55.0 Å². The molecule has 30 heavy (non-hydrogen) atoms. The van der Waals surface area contributed by atoms with E-state index < -0.39 is 0 Å². The number of ether oxygens (including phenoxy) is 1. The van der Waals surface area contributed by atoms with E-state index in [1.54, 1.807) is 36.2 Å². The lowest BCUT2D eigenvalue weighted by Crippen LogP contribution is -2.15. The fraction of sp³-hybridized carbons (Fsp3) is 0.100. The molecule has 0 N–H and O–H groups in total. The summed E-state index contributed by atoms with van der Waals surface area (Å²) in [5.41, 5.74) is 2.37. The highest BCUT2D eigenvalue weighted by atomic mass is 35.5. The largest absolute Gasteiger partial charge is 0.481 e. The average Bonchev–Trinajstić information content (AvgIpc) is 3.19. The number of rotatable bonds is 4. The molecule has 0 saturated heterocycles. The van der Waals surface area contributed by atoms with Gasteiger partial charge in [-0.05, 0) is 29.8 Å². The summed E-state index contributed by atoms with van der Waals surface area (Å²) in [7, 11) is 3.46. The Hall–Kier alpha value is -3.85. The van der Waals surface area contributed by atoms with Gasteiger partial charge in [0, 0.05) is 30.3 Å². The zero-order chi connectivity index (χ0) is 20.7. The molecule has 0 amide bonds. The third-order valence-electron chi connectivity index (χ3n) is 4.72. The van der Waals surface area contributed by atoms with Crippen LogP contribution in [0.3, 0.4) is 0 Å². The molecule has 0 atom stereocenters. The first-order valence-corrected chi connectivity index (χ1v) is 9.39. The zero-order valence-electron chi connectivity index (χ0n) is 16.1. The summed E-state index contributed by atoms with van der Waals surface area (Å²) in [6, 6.07) is 11.5. The van der Waals surface area contributed by atoms with Crippen LogP contribution in [0.25, 0.3) is 27.9 Å². The molecular formula is C20H15ClN8O. The second kappa shape index (κ2) is 7.20. The molecule has 10 heteroatoms. The zero-order valence-corrected chi connectivity index (χ0v) is 16.8. The molecule has 0 aliphatic rings. The number of aromatic nitrogens is 7. The molecule has 0 bridgehead atoms. The Morgan fingerprint density at radius 2 is 1.87 bits per heavy atom. The second-order valence-corrected chi connectivity index (χ2v) is 6.81. The van der Waals surface area contributed by atoms with E-state index in [2.05, 4.69) is 25.1 Å². The third-order valence-corrected chi connectivity index (χ3v) is 4.97. The Balaban J connectivity index is 1.62. The van der Waals surface area contributed by atoms with Crippen molar-refractivity contribution in [2.45, 2.75) is 0 Å². The number of nitrogens with zero attached hydrogens (tertiary/aromatic N) is 8. The third kappa shape index (κ3) is 2.96. The van der Waals surface area contributed by atoms with Gasteiger partial charge >= 0.3 is 0 Å². The summed E-state index contributed by atoms with van der Waals surface area (Å²) in [5.74, 6) is 2.23. The van der Waals surface area contributed by atoms with Crippen LogP contribution >= 0.6 is 11.6 Å². The molecular weight excluding hydrogens is 404 g/mol. The number of pyridine rings is 1. The summed E-state index contributed by atoms with van der Waals surface area (Å²) in [4.78, 5) is 19.8. The topological polar surface area (TPSA) is 94.2 Å². The number of benzene rings is 1. The number of hydrogen-bond donors (Lipinski definition) is 0. The lowest BCUT2D eigenvalue weighted by atomic mass is 10.2. The van der Waals surface area contributed by atoms with Crippen molar-refractivity contribution in [3.8, 4) is 17.1 Å². The molecule has 0 radical (unpaired) electrons. The highest BCUT2D eigenvalue weighted by Gasteiger charge is 2.17. The Labute approximate surface area is 176 Å². The molecule has 9 nitrogen and oxygen atoms in total. The van der Waals surface area contributed by atoms with E-state index in [1.165, 1.54) is 0 Å². The maximum atomic E-state index is 6.21. The van der Waals surface area contributed by atoms with Crippen molar-refractivity contribution < 1.29 is 4.74 Å². The minimum absolute atomic E-state index is 0.261. The number of methoxy groups -OCH3 is 1. The number of hydrogen-bond acceptors (Lipinski definition) is 8. The van der Waals surface area contributed by atoms with Crippen molar-refractivity contribution in [3.05, 3.63) is 60.3 Å². The normalized spacial score (nSPS) is 11.2. The molecule has 5 rings (SSSR count). The van der Waals surface area contributed by atoms with Crippen LogP contribution in [-0.4, -0.2) is 48.7 Å². The monoisotopic (exact) mass is 418 g/mol. The highest BCUT2D eigenvalue weighted by molar-refractivity contribution is 6.29.